The number of thiocarbonyl (C=S) groups is 1. The van der Waals surface area contributed by atoms with E-state index in [2.05, 4.69) is 31.4 Å². The van der Waals surface area contributed by atoms with Gasteiger partial charge >= 0.3 is 0 Å². The molecule has 0 bridgehead atoms. The van der Waals surface area contributed by atoms with E-state index < -0.39 is 0 Å². The Hall–Kier alpha value is -1.42. The minimum atomic E-state index is 0.0605. The number of rotatable bonds is 3. The maximum Gasteiger partial charge on any atom is 0.170 e. The lowest BCUT2D eigenvalue weighted by atomic mass is 9.71. The van der Waals surface area contributed by atoms with Crippen LogP contribution in [0.5, 0.6) is 0 Å². The first-order chi connectivity index (χ1) is 10.2. The van der Waals surface area contributed by atoms with E-state index >= 15 is 0 Å². The Labute approximate surface area is 138 Å². The van der Waals surface area contributed by atoms with Crippen LogP contribution in [0.25, 0.3) is 0 Å². The molecule has 120 valence electrons. The fourth-order valence-corrected chi connectivity index (χ4v) is 3.91. The van der Waals surface area contributed by atoms with Crippen molar-refractivity contribution in [2.45, 2.75) is 53.0 Å². The number of benzene rings is 1. The Morgan fingerprint density at radius 2 is 2.05 bits per heavy atom. The van der Waals surface area contributed by atoms with Crippen LogP contribution in [0.15, 0.2) is 24.3 Å². The van der Waals surface area contributed by atoms with Crippen LogP contribution in [0.2, 0.25) is 0 Å². The molecule has 1 saturated carbocycles. The summed E-state index contributed by atoms with van der Waals surface area (Å²) in [5.74, 6) is 0.774. The first-order valence-corrected chi connectivity index (χ1v) is 8.34. The van der Waals surface area contributed by atoms with Crippen molar-refractivity contribution in [2.75, 3.05) is 5.32 Å². The molecule has 2 N–H and O–H groups in total. The zero-order chi connectivity index (χ0) is 16.3. The molecule has 2 atom stereocenters. The molecule has 1 fully saturated rings. The van der Waals surface area contributed by atoms with Gasteiger partial charge in [0, 0.05) is 17.3 Å². The third-order valence-electron chi connectivity index (χ3n) is 4.25. The molecule has 0 heterocycles. The van der Waals surface area contributed by atoms with E-state index in [-0.39, 0.29) is 5.78 Å². The average Bonchev–Trinajstić information content (AvgIpc) is 2.35. The van der Waals surface area contributed by atoms with Crippen LogP contribution in [0.4, 0.5) is 5.69 Å². The van der Waals surface area contributed by atoms with Crippen molar-refractivity contribution in [1.82, 2.24) is 5.32 Å². The zero-order valence-corrected chi connectivity index (χ0v) is 14.7. The van der Waals surface area contributed by atoms with Crippen molar-refractivity contribution >= 4 is 28.8 Å². The summed E-state index contributed by atoms with van der Waals surface area (Å²) in [5.41, 5.74) is 1.91. The Morgan fingerprint density at radius 3 is 2.68 bits per heavy atom. The van der Waals surface area contributed by atoms with Crippen molar-refractivity contribution in [3.8, 4) is 0 Å². The second-order valence-corrected chi connectivity index (χ2v) is 7.75. The lowest BCUT2D eigenvalue weighted by Crippen LogP contribution is -2.44. The predicted molar refractivity (Wildman–Crippen MR) is 96.4 cm³/mol. The molecule has 0 saturated heterocycles. The van der Waals surface area contributed by atoms with Gasteiger partial charge in [0.1, 0.15) is 0 Å². The van der Waals surface area contributed by atoms with E-state index in [1.54, 1.807) is 6.92 Å². The topological polar surface area (TPSA) is 41.1 Å². The second kappa shape index (κ2) is 6.78. The maximum absolute atomic E-state index is 11.4. The van der Waals surface area contributed by atoms with Crippen LogP contribution in [-0.4, -0.2) is 16.9 Å². The fraction of sp³-hybridized carbons (Fsp3) is 0.556. The third-order valence-corrected chi connectivity index (χ3v) is 4.47. The van der Waals surface area contributed by atoms with Crippen LogP contribution in [0, 0.1) is 11.3 Å². The predicted octanol–water partition coefficient (Wildman–Crippen LogP) is 4.39. The van der Waals surface area contributed by atoms with E-state index in [1.165, 1.54) is 6.42 Å². The van der Waals surface area contributed by atoms with Crippen molar-refractivity contribution < 1.29 is 4.79 Å². The number of hydrogen-bond acceptors (Lipinski definition) is 2. The molecule has 1 aliphatic carbocycles. The van der Waals surface area contributed by atoms with Crippen molar-refractivity contribution in [3.05, 3.63) is 29.8 Å². The highest BCUT2D eigenvalue weighted by atomic mass is 32.1. The third kappa shape index (κ3) is 4.80. The maximum atomic E-state index is 11.4. The molecule has 2 rings (SSSR count). The van der Waals surface area contributed by atoms with E-state index in [4.69, 9.17) is 12.2 Å². The average molecular weight is 318 g/mol. The quantitative estimate of drug-likeness (QED) is 0.640. The smallest absolute Gasteiger partial charge is 0.170 e. The molecular weight excluding hydrogens is 292 g/mol. The first kappa shape index (κ1) is 16.9. The number of nitrogens with one attached hydrogen (secondary N) is 2. The number of hydrogen-bond donors (Lipinski definition) is 2. The van der Waals surface area contributed by atoms with Gasteiger partial charge in [0.15, 0.2) is 10.9 Å². The summed E-state index contributed by atoms with van der Waals surface area (Å²) < 4.78 is 0. The van der Waals surface area contributed by atoms with Gasteiger partial charge in [0.2, 0.25) is 0 Å². The minimum Gasteiger partial charge on any atom is -0.360 e. The van der Waals surface area contributed by atoms with Crippen LogP contribution < -0.4 is 10.6 Å². The molecule has 0 aliphatic heterocycles. The Morgan fingerprint density at radius 1 is 1.32 bits per heavy atom. The van der Waals surface area contributed by atoms with E-state index in [9.17, 15) is 4.79 Å². The summed E-state index contributed by atoms with van der Waals surface area (Å²) in [4.78, 5) is 11.4. The second-order valence-electron chi connectivity index (χ2n) is 7.35. The molecule has 1 aliphatic rings. The van der Waals surface area contributed by atoms with Gasteiger partial charge in [-0.05, 0) is 61.9 Å². The van der Waals surface area contributed by atoms with Gasteiger partial charge in [-0.25, -0.2) is 0 Å². The normalized spacial score (nSPS) is 23.6. The summed E-state index contributed by atoms with van der Waals surface area (Å²) in [6.45, 7) is 8.53. The van der Waals surface area contributed by atoms with Crippen LogP contribution >= 0.6 is 12.2 Å². The lowest BCUT2D eigenvalue weighted by Gasteiger charge is -2.39. The van der Waals surface area contributed by atoms with Gasteiger partial charge in [-0.2, -0.15) is 0 Å². The molecule has 2 unspecified atom stereocenters. The molecule has 3 nitrogen and oxygen atoms in total. The highest BCUT2D eigenvalue weighted by molar-refractivity contribution is 7.80. The number of carbonyl (C=O) groups excluding carboxylic acids is 1. The molecular formula is C18H26N2OS. The number of ketones is 1. The van der Waals surface area contributed by atoms with Crippen molar-refractivity contribution in [3.63, 3.8) is 0 Å². The molecule has 0 radical (unpaired) electrons. The Bertz CT molecular complexity index is 568. The number of Topliss-reactive ketones (excluding diaryl/α,β-unsaturated/α-hetero) is 1. The Balaban J connectivity index is 1.95. The summed E-state index contributed by atoms with van der Waals surface area (Å²) in [5, 5.41) is 7.27. The standard InChI is InChI=1S/C18H26N2OS/c1-12-8-16(11-18(3,4)10-12)20-17(22)19-15-7-5-6-14(9-15)13(2)21/h5-7,9,12,16H,8,10-11H2,1-4H3,(H2,19,20,22). The largest absolute Gasteiger partial charge is 0.360 e. The summed E-state index contributed by atoms with van der Waals surface area (Å²) in [6, 6.07) is 7.86. The number of carbonyl (C=O) groups is 1. The minimum absolute atomic E-state index is 0.0605. The molecule has 1 aromatic carbocycles. The van der Waals surface area contributed by atoms with Crippen molar-refractivity contribution in [2.24, 2.45) is 11.3 Å². The SMILES string of the molecule is CC(=O)c1cccc(NC(=S)NC2CC(C)CC(C)(C)C2)c1. The molecule has 0 amide bonds. The highest BCUT2D eigenvalue weighted by Crippen LogP contribution is 2.38. The monoisotopic (exact) mass is 318 g/mol. The summed E-state index contributed by atoms with van der Waals surface area (Å²) in [7, 11) is 0. The zero-order valence-electron chi connectivity index (χ0n) is 13.9. The number of anilines is 1. The van der Waals surface area contributed by atoms with E-state index in [1.807, 2.05) is 24.3 Å². The van der Waals surface area contributed by atoms with Gasteiger partial charge in [-0.1, -0.05) is 32.9 Å². The van der Waals surface area contributed by atoms with Gasteiger partial charge in [0.25, 0.3) is 0 Å². The van der Waals surface area contributed by atoms with Gasteiger partial charge < -0.3 is 10.6 Å². The van der Waals surface area contributed by atoms with Crippen molar-refractivity contribution in [1.29, 1.82) is 0 Å². The molecule has 0 aromatic heterocycles. The van der Waals surface area contributed by atoms with Gasteiger partial charge in [-0.3, -0.25) is 4.79 Å². The molecule has 22 heavy (non-hydrogen) atoms. The van der Waals surface area contributed by atoms with Gasteiger partial charge in [-0.15, -0.1) is 0 Å². The van der Waals surface area contributed by atoms with Crippen LogP contribution in [0.1, 0.15) is 57.3 Å². The van der Waals surface area contributed by atoms with Gasteiger partial charge in [0.05, 0.1) is 0 Å². The Kier molecular flexibility index (Phi) is 5.22. The first-order valence-electron chi connectivity index (χ1n) is 7.94. The van der Waals surface area contributed by atoms with Crippen LogP contribution in [0.3, 0.4) is 0 Å². The van der Waals surface area contributed by atoms with Crippen LogP contribution in [-0.2, 0) is 0 Å². The van der Waals surface area contributed by atoms with E-state index in [0.29, 0.717) is 28.1 Å². The lowest BCUT2D eigenvalue weighted by molar-refractivity contribution is 0.101. The fourth-order valence-electron chi connectivity index (χ4n) is 3.62. The van der Waals surface area contributed by atoms with E-state index in [0.717, 1.165) is 18.5 Å². The summed E-state index contributed by atoms with van der Waals surface area (Å²) in [6.07, 6.45) is 3.55. The molecule has 0 spiro atoms. The molecule has 4 heteroatoms. The highest BCUT2D eigenvalue weighted by Gasteiger charge is 2.32. The molecule has 1 aromatic rings. The summed E-state index contributed by atoms with van der Waals surface area (Å²) >= 11 is 5.43.